The zero-order chi connectivity index (χ0) is 20.5. The molecule has 29 heavy (non-hydrogen) atoms. The second-order valence-electron chi connectivity index (χ2n) is 7.11. The minimum absolute atomic E-state index is 0.250. The summed E-state index contributed by atoms with van der Waals surface area (Å²) >= 11 is 0. The van der Waals surface area contributed by atoms with Crippen LogP contribution in [0.2, 0.25) is 0 Å². The Morgan fingerprint density at radius 1 is 1.00 bits per heavy atom. The highest BCUT2D eigenvalue weighted by Crippen LogP contribution is 2.30. The van der Waals surface area contributed by atoms with Crippen LogP contribution in [0.1, 0.15) is 40.0 Å². The summed E-state index contributed by atoms with van der Waals surface area (Å²) in [4.78, 5) is 6.84. The summed E-state index contributed by atoms with van der Waals surface area (Å²) in [5.41, 5.74) is 1.51. The molecule has 156 valence electrons. The number of ether oxygens (including phenoxy) is 2. The maximum atomic E-state index is 5.90. The molecule has 0 unspecified atom stereocenters. The predicted molar refractivity (Wildman–Crippen MR) is 117 cm³/mol. The molecule has 0 aliphatic heterocycles. The van der Waals surface area contributed by atoms with Gasteiger partial charge in [-0.15, -0.1) is 0 Å². The Balaban J connectivity index is 0.00000117. The van der Waals surface area contributed by atoms with Crippen LogP contribution in [0.15, 0.2) is 52.9 Å². The maximum absolute atomic E-state index is 5.90. The molecule has 1 aliphatic rings. The third-order valence-corrected chi connectivity index (χ3v) is 4.73. The van der Waals surface area contributed by atoms with Gasteiger partial charge in [0.15, 0.2) is 5.58 Å². The Morgan fingerprint density at radius 2 is 1.72 bits per heavy atom. The van der Waals surface area contributed by atoms with Gasteiger partial charge in [0, 0.05) is 13.1 Å². The maximum Gasteiger partial charge on any atom is 0.400 e. The monoisotopic (exact) mass is 396 g/mol. The van der Waals surface area contributed by atoms with Gasteiger partial charge >= 0.3 is 6.08 Å². The lowest BCUT2D eigenvalue weighted by Gasteiger charge is -2.21. The van der Waals surface area contributed by atoms with Crippen molar-refractivity contribution in [2.24, 2.45) is 5.92 Å². The molecule has 0 N–H and O–H groups in total. The van der Waals surface area contributed by atoms with Crippen LogP contribution < -0.4 is 9.47 Å². The number of rotatable bonds is 10. The van der Waals surface area contributed by atoms with Crippen molar-refractivity contribution >= 4 is 11.1 Å². The average Bonchev–Trinajstić information content (AvgIpc) is 3.47. The van der Waals surface area contributed by atoms with E-state index < -0.39 is 0 Å². The van der Waals surface area contributed by atoms with Gasteiger partial charge in [-0.2, -0.15) is 4.98 Å². The minimum Gasteiger partial charge on any atom is -0.492 e. The van der Waals surface area contributed by atoms with Crippen LogP contribution in [0.4, 0.5) is 0 Å². The Morgan fingerprint density at radius 3 is 2.41 bits per heavy atom. The average molecular weight is 397 g/mol. The molecule has 0 atom stereocenters. The van der Waals surface area contributed by atoms with Crippen LogP contribution in [0.5, 0.6) is 17.6 Å². The van der Waals surface area contributed by atoms with Crippen LogP contribution in [0.3, 0.4) is 0 Å². The molecule has 1 aliphatic carbocycles. The van der Waals surface area contributed by atoms with Gasteiger partial charge in [0.1, 0.15) is 23.6 Å². The van der Waals surface area contributed by atoms with Crippen LogP contribution >= 0.6 is 0 Å². The Bertz CT molecular complexity index is 823. The van der Waals surface area contributed by atoms with E-state index in [2.05, 4.69) is 16.8 Å². The van der Waals surface area contributed by atoms with Gasteiger partial charge < -0.3 is 13.9 Å². The standard InChI is InChI=1S/C22H26N2O3.C2H6/c1-2-13-24(16-17-7-8-17)14-15-25-18-9-11-19(12-10-18)26-22-23-20-5-3-4-6-21(20)27-22;1-2/h3-6,9-12,17H,2,7-8,13-16H2,1H3;1-2H3. The lowest BCUT2D eigenvalue weighted by molar-refractivity contribution is 0.203. The van der Waals surface area contributed by atoms with Crippen molar-refractivity contribution < 1.29 is 13.9 Å². The summed E-state index contributed by atoms with van der Waals surface area (Å²) in [7, 11) is 0. The van der Waals surface area contributed by atoms with Crippen molar-refractivity contribution in [1.29, 1.82) is 0 Å². The highest BCUT2D eigenvalue weighted by Gasteiger charge is 2.23. The molecule has 2 aromatic carbocycles. The summed E-state index contributed by atoms with van der Waals surface area (Å²) < 4.78 is 17.2. The van der Waals surface area contributed by atoms with E-state index in [0.717, 1.165) is 35.9 Å². The second kappa shape index (κ2) is 10.9. The Hall–Kier alpha value is -2.53. The van der Waals surface area contributed by atoms with Gasteiger partial charge in [-0.25, -0.2) is 0 Å². The first-order chi connectivity index (χ1) is 14.3. The number of benzene rings is 2. The van der Waals surface area contributed by atoms with E-state index in [9.17, 15) is 0 Å². The fraction of sp³-hybridized carbons (Fsp3) is 0.458. The highest BCUT2D eigenvalue weighted by molar-refractivity contribution is 5.72. The van der Waals surface area contributed by atoms with E-state index in [-0.39, 0.29) is 6.08 Å². The summed E-state index contributed by atoms with van der Waals surface area (Å²) in [6, 6.07) is 15.2. The molecule has 5 nitrogen and oxygen atoms in total. The van der Waals surface area contributed by atoms with Crippen LogP contribution in [0, 0.1) is 5.92 Å². The number of aromatic nitrogens is 1. The number of hydrogen-bond donors (Lipinski definition) is 0. The largest absolute Gasteiger partial charge is 0.492 e. The molecule has 0 bridgehead atoms. The van der Waals surface area contributed by atoms with Crippen LogP contribution in [-0.4, -0.2) is 36.1 Å². The summed E-state index contributed by atoms with van der Waals surface area (Å²) in [5, 5.41) is 0. The number of oxazole rings is 1. The SMILES string of the molecule is CC.CCCN(CCOc1ccc(Oc2nc3ccccc3o2)cc1)CC1CC1. The summed E-state index contributed by atoms with van der Waals surface area (Å²) in [6.07, 6.45) is 4.22. The van der Waals surface area contributed by atoms with E-state index in [1.165, 1.54) is 25.8 Å². The third kappa shape index (κ3) is 6.50. The molecule has 1 fully saturated rings. The topological polar surface area (TPSA) is 47.7 Å². The second-order valence-corrected chi connectivity index (χ2v) is 7.11. The van der Waals surface area contributed by atoms with Crippen LogP contribution in [-0.2, 0) is 0 Å². The van der Waals surface area contributed by atoms with E-state index in [4.69, 9.17) is 13.9 Å². The number of nitrogens with zero attached hydrogens (tertiary/aromatic N) is 2. The Labute approximate surface area is 173 Å². The van der Waals surface area contributed by atoms with Gasteiger partial charge in [-0.3, -0.25) is 4.90 Å². The normalized spacial score (nSPS) is 13.2. The Kier molecular flexibility index (Phi) is 7.94. The lowest BCUT2D eigenvalue weighted by Crippen LogP contribution is -2.31. The molecule has 0 amide bonds. The van der Waals surface area contributed by atoms with Gasteiger partial charge in [0.05, 0.1) is 0 Å². The number of hydrogen-bond acceptors (Lipinski definition) is 5. The van der Waals surface area contributed by atoms with E-state index in [1.54, 1.807) is 0 Å². The molecule has 0 radical (unpaired) electrons. The fourth-order valence-corrected chi connectivity index (χ4v) is 3.17. The van der Waals surface area contributed by atoms with Crippen molar-refractivity contribution in [2.45, 2.75) is 40.0 Å². The molecule has 4 rings (SSSR count). The lowest BCUT2D eigenvalue weighted by atomic mass is 10.3. The molecule has 5 heteroatoms. The van der Waals surface area contributed by atoms with Crippen molar-refractivity contribution in [3.63, 3.8) is 0 Å². The van der Waals surface area contributed by atoms with Crippen molar-refractivity contribution in [2.75, 3.05) is 26.2 Å². The number of para-hydroxylation sites is 2. The molecule has 1 heterocycles. The molecule has 3 aromatic rings. The zero-order valence-corrected chi connectivity index (χ0v) is 17.8. The van der Waals surface area contributed by atoms with Crippen molar-refractivity contribution in [3.05, 3.63) is 48.5 Å². The number of fused-ring (bicyclic) bond motifs is 1. The highest BCUT2D eigenvalue weighted by atomic mass is 16.6. The molecular weight excluding hydrogens is 364 g/mol. The van der Waals surface area contributed by atoms with E-state index in [0.29, 0.717) is 12.4 Å². The zero-order valence-electron chi connectivity index (χ0n) is 17.8. The first kappa shape index (κ1) is 21.2. The quantitative estimate of drug-likeness (QED) is 0.411. The van der Waals surface area contributed by atoms with E-state index >= 15 is 0 Å². The molecule has 0 spiro atoms. The molecular formula is C24H32N2O3. The van der Waals surface area contributed by atoms with E-state index in [1.807, 2.05) is 62.4 Å². The van der Waals surface area contributed by atoms with Gasteiger partial charge in [-0.05, 0) is 68.1 Å². The van der Waals surface area contributed by atoms with Crippen LogP contribution in [0.25, 0.3) is 11.1 Å². The predicted octanol–water partition coefficient (Wildman–Crippen LogP) is 6.15. The smallest absolute Gasteiger partial charge is 0.400 e. The first-order valence-electron chi connectivity index (χ1n) is 10.8. The van der Waals surface area contributed by atoms with Crippen molar-refractivity contribution in [1.82, 2.24) is 9.88 Å². The summed E-state index contributed by atoms with van der Waals surface area (Å²) in [5.74, 6) is 2.44. The molecule has 1 aromatic heterocycles. The van der Waals surface area contributed by atoms with Gasteiger partial charge in [0.25, 0.3) is 0 Å². The minimum atomic E-state index is 0.250. The van der Waals surface area contributed by atoms with Crippen molar-refractivity contribution in [3.8, 4) is 17.6 Å². The molecule has 1 saturated carbocycles. The first-order valence-corrected chi connectivity index (χ1v) is 10.8. The molecule has 0 saturated heterocycles. The summed E-state index contributed by atoms with van der Waals surface area (Å²) in [6.45, 7) is 10.3. The fourth-order valence-electron chi connectivity index (χ4n) is 3.17. The van der Waals surface area contributed by atoms with Gasteiger partial charge in [-0.1, -0.05) is 32.9 Å². The van der Waals surface area contributed by atoms with Gasteiger partial charge in [0.2, 0.25) is 0 Å². The third-order valence-electron chi connectivity index (χ3n) is 4.73.